The third-order valence-electron chi connectivity index (χ3n) is 4.41. The Balaban J connectivity index is 1.76. The maximum Gasteiger partial charge on any atom is 0.416 e. The van der Waals surface area contributed by atoms with Crippen LogP contribution in [0.15, 0.2) is 67.0 Å². The Morgan fingerprint density at radius 1 is 1.04 bits per heavy atom. The van der Waals surface area contributed by atoms with Crippen molar-refractivity contribution in [2.75, 3.05) is 5.32 Å². The van der Waals surface area contributed by atoms with Gasteiger partial charge in [-0.2, -0.15) is 13.2 Å². The minimum Gasteiger partial charge on any atom is -0.381 e. The van der Waals surface area contributed by atoms with E-state index in [1.165, 1.54) is 6.20 Å². The van der Waals surface area contributed by atoms with Gasteiger partial charge in [-0.25, -0.2) is 4.98 Å². The average molecular weight is 402 g/mol. The van der Waals surface area contributed by atoms with Gasteiger partial charge in [-0.3, -0.25) is 0 Å². The number of nitrogens with zero attached hydrogens (tertiary/aromatic N) is 1. The van der Waals surface area contributed by atoms with Gasteiger partial charge in [0.15, 0.2) is 0 Å². The van der Waals surface area contributed by atoms with Gasteiger partial charge in [-0.05, 0) is 35.4 Å². The summed E-state index contributed by atoms with van der Waals surface area (Å²) in [6.45, 7) is 0.420. The van der Waals surface area contributed by atoms with Gasteiger partial charge in [-0.1, -0.05) is 41.9 Å². The third-order valence-corrected chi connectivity index (χ3v) is 4.62. The molecular weight excluding hydrogens is 387 g/mol. The Labute approximate surface area is 164 Å². The van der Waals surface area contributed by atoms with Gasteiger partial charge in [0.05, 0.1) is 10.6 Å². The molecule has 0 bridgehead atoms. The van der Waals surface area contributed by atoms with Crippen LogP contribution in [0.2, 0.25) is 5.02 Å². The Morgan fingerprint density at radius 2 is 1.82 bits per heavy atom. The van der Waals surface area contributed by atoms with Gasteiger partial charge >= 0.3 is 6.18 Å². The fourth-order valence-corrected chi connectivity index (χ4v) is 3.22. The summed E-state index contributed by atoms with van der Waals surface area (Å²) in [5.74, 6) is 0. The van der Waals surface area contributed by atoms with Crippen LogP contribution >= 0.6 is 11.6 Å². The van der Waals surface area contributed by atoms with E-state index in [0.29, 0.717) is 39.4 Å². The first-order chi connectivity index (χ1) is 13.4. The molecule has 2 N–H and O–H groups in total. The summed E-state index contributed by atoms with van der Waals surface area (Å²) < 4.78 is 40.4. The largest absolute Gasteiger partial charge is 0.416 e. The van der Waals surface area contributed by atoms with Gasteiger partial charge < -0.3 is 10.3 Å². The molecule has 2 aromatic heterocycles. The van der Waals surface area contributed by atoms with Crippen molar-refractivity contribution in [3.8, 4) is 11.1 Å². The van der Waals surface area contributed by atoms with E-state index < -0.39 is 11.7 Å². The van der Waals surface area contributed by atoms with Crippen LogP contribution in [0, 0.1) is 0 Å². The Hall–Kier alpha value is -2.99. The standard InChI is InChI=1S/C21H15ClF3N3/c22-16-9-18-19(12-28-20(18)27-11-16)14-6-15(21(23,24)25)8-17(7-14)26-10-13-4-2-1-3-5-13/h1-9,11-12,26H,10H2,(H,27,28). The van der Waals surface area contributed by atoms with E-state index in [-0.39, 0.29) is 0 Å². The highest BCUT2D eigenvalue weighted by atomic mass is 35.5. The first-order valence-electron chi connectivity index (χ1n) is 8.53. The minimum absolute atomic E-state index is 0.387. The maximum absolute atomic E-state index is 13.5. The van der Waals surface area contributed by atoms with Crippen molar-refractivity contribution in [2.45, 2.75) is 12.7 Å². The molecule has 0 saturated carbocycles. The number of fused-ring (bicyclic) bond motifs is 1. The fourth-order valence-electron chi connectivity index (χ4n) is 3.07. The molecule has 0 fully saturated rings. The van der Waals surface area contributed by atoms with Gasteiger partial charge in [-0.15, -0.1) is 0 Å². The summed E-state index contributed by atoms with van der Waals surface area (Å²) in [5, 5.41) is 4.17. The topological polar surface area (TPSA) is 40.7 Å². The van der Waals surface area contributed by atoms with Crippen molar-refractivity contribution in [3.05, 3.63) is 83.1 Å². The van der Waals surface area contributed by atoms with Gasteiger partial charge in [0.1, 0.15) is 5.65 Å². The average Bonchev–Trinajstić information content (AvgIpc) is 3.09. The molecular formula is C21H15ClF3N3. The second kappa shape index (κ2) is 7.20. The molecule has 7 heteroatoms. The molecule has 0 saturated heterocycles. The van der Waals surface area contributed by atoms with Crippen molar-refractivity contribution < 1.29 is 13.2 Å². The summed E-state index contributed by atoms with van der Waals surface area (Å²) in [7, 11) is 0. The normalized spacial score (nSPS) is 11.7. The van der Waals surface area contributed by atoms with E-state index >= 15 is 0 Å². The molecule has 0 unspecified atom stereocenters. The smallest absolute Gasteiger partial charge is 0.381 e. The number of H-pyrrole nitrogens is 1. The molecule has 0 radical (unpaired) electrons. The lowest BCUT2D eigenvalue weighted by molar-refractivity contribution is -0.137. The van der Waals surface area contributed by atoms with Crippen LogP contribution in [-0.2, 0) is 12.7 Å². The predicted molar refractivity (Wildman–Crippen MR) is 105 cm³/mol. The van der Waals surface area contributed by atoms with Crippen LogP contribution in [-0.4, -0.2) is 9.97 Å². The molecule has 0 atom stereocenters. The lowest BCUT2D eigenvalue weighted by Gasteiger charge is -2.14. The quantitative estimate of drug-likeness (QED) is 0.409. The molecule has 0 aliphatic carbocycles. The molecule has 0 spiro atoms. The number of aromatic amines is 1. The summed E-state index contributed by atoms with van der Waals surface area (Å²) in [6.07, 6.45) is -1.32. The second-order valence-corrected chi connectivity index (χ2v) is 6.82. The van der Waals surface area contributed by atoms with Crippen LogP contribution in [0.4, 0.5) is 18.9 Å². The van der Waals surface area contributed by atoms with Crippen molar-refractivity contribution in [1.29, 1.82) is 0 Å². The first kappa shape index (κ1) is 18.4. The zero-order chi connectivity index (χ0) is 19.7. The van der Waals surface area contributed by atoms with Gasteiger partial charge in [0, 0.05) is 35.6 Å². The van der Waals surface area contributed by atoms with Crippen LogP contribution in [0.5, 0.6) is 0 Å². The summed E-state index contributed by atoms with van der Waals surface area (Å²) >= 11 is 6.02. The molecule has 142 valence electrons. The predicted octanol–water partition coefficient (Wildman–Crippen LogP) is 6.51. The summed E-state index contributed by atoms with van der Waals surface area (Å²) in [4.78, 5) is 7.15. The number of aromatic nitrogens is 2. The number of hydrogen-bond donors (Lipinski definition) is 2. The Morgan fingerprint density at radius 3 is 2.57 bits per heavy atom. The number of anilines is 1. The number of nitrogens with one attached hydrogen (secondary N) is 2. The number of hydrogen-bond acceptors (Lipinski definition) is 2. The monoisotopic (exact) mass is 401 g/mol. The Bertz CT molecular complexity index is 1120. The highest BCUT2D eigenvalue weighted by Gasteiger charge is 2.31. The number of halogens is 4. The SMILES string of the molecule is FC(F)(F)c1cc(NCc2ccccc2)cc(-c2c[nH]c3ncc(Cl)cc23)c1. The van der Waals surface area contributed by atoms with Crippen molar-refractivity contribution in [3.63, 3.8) is 0 Å². The zero-order valence-electron chi connectivity index (χ0n) is 14.5. The highest BCUT2D eigenvalue weighted by molar-refractivity contribution is 6.31. The number of alkyl halides is 3. The lowest BCUT2D eigenvalue weighted by Crippen LogP contribution is -2.07. The van der Waals surface area contributed by atoms with Crippen LogP contribution in [0.25, 0.3) is 22.2 Å². The summed E-state index contributed by atoms with van der Waals surface area (Å²) in [5.41, 5.74) is 2.25. The molecule has 0 aliphatic heterocycles. The molecule has 2 aromatic carbocycles. The number of benzene rings is 2. The number of pyridine rings is 1. The van der Waals surface area contributed by atoms with Crippen LogP contribution < -0.4 is 5.32 Å². The van der Waals surface area contributed by atoms with Crippen LogP contribution in [0.1, 0.15) is 11.1 Å². The van der Waals surface area contributed by atoms with E-state index in [1.807, 2.05) is 30.3 Å². The van der Waals surface area contributed by atoms with Gasteiger partial charge in [0.25, 0.3) is 0 Å². The highest BCUT2D eigenvalue weighted by Crippen LogP contribution is 2.37. The third kappa shape index (κ3) is 3.82. The molecule has 4 aromatic rings. The number of rotatable bonds is 4. The fraction of sp³-hybridized carbons (Fsp3) is 0.0952. The van der Waals surface area contributed by atoms with Crippen molar-refractivity contribution >= 4 is 28.3 Å². The first-order valence-corrected chi connectivity index (χ1v) is 8.91. The zero-order valence-corrected chi connectivity index (χ0v) is 15.3. The molecule has 0 amide bonds. The van der Waals surface area contributed by atoms with E-state index in [0.717, 1.165) is 17.7 Å². The molecule has 0 aliphatic rings. The molecule has 3 nitrogen and oxygen atoms in total. The second-order valence-electron chi connectivity index (χ2n) is 6.39. The van der Waals surface area contributed by atoms with Crippen LogP contribution in [0.3, 0.4) is 0 Å². The summed E-state index contributed by atoms with van der Waals surface area (Å²) in [6, 6.07) is 15.1. The van der Waals surface area contributed by atoms with E-state index in [2.05, 4.69) is 15.3 Å². The molecule has 4 rings (SSSR count). The maximum atomic E-state index is 13.5. The van der Waals surface area contributed by atoms with E-state index in [4.69, 9.17) is 11.6 Å². The minimum atomic E-state index is -4.46. The molecule has 28 heavy (non-hydrogen) atoms. The Kier molecular flexibility index (Phi) is 4.73. The van der Waals surface area contributed by atoms with Gasteiger partial charge in [0.2, 0.25) is 0 Å². The molecule has 2 heterocycles. The van der Waals surface area contributed by atoms with E-state index in [9.17, 15) is 13.2 Å². The van der Waals surface area contributed by atoms with Crippen molar-refractivity contribution in [2.24, 2.45) is 0 Å². The lowest BCUT2D eigenvalue weighted by atomic mass is 10.0. The van der Waals surface area contributed by atoms with Crippen molar-refractivity contribution in [1.82, 2.24) is 9.97 Å². The van der Waals surface area contributed by atoms with E-state index in [1.54, 1.807) is 18.3 Å².